The number of hydrogen-bond acceptors (Lipinski definition) is 3. The lowest BCUT2D eigenvalue weighted by molar-refractivity contribution is -0.00170. The van der Waals surface area contributed by atoms with Crippen molar-refractivity contribution < 1.29 is 5.11 Å². The van der Waals surface area contributed by atoms with Gasteiger partial charge < -0.3 is 10.4 Å². The number of hydrogen-bond donors (Lipinski definition) is 2. The first kappa shape index (κ1) is 13.9. The zero-order chi connectivity index (χ0) is 12.0. The molecule has 1 fully saturated rings. The SMILES string of the molecule is CCCN(CC(C)(O)CC)C1CCNCC1. The van der Waals surface area contributed by atoms with Crippen molar-refractivity contribution in [3.8, 4) is 0 Å². The molecule has 3 nitrogen and oxygen atoms in total. The van der Waals surface area contributed by atoms with Crippen LogP contribution < -0.4 is 5.32 Å². The molecule has 96 valence electrons. The average Bonchev–Trinajstić information content (AvgIpc) is 2.29. The van der Waals surface area contributed by atoms with E-state index in [-0.39, 0.29) is 0 Å². The molecule has 0 saturated carbocycles. The molecule has 0 aromatic rings. The Bertz CT molecular complexity index is 188. The Labute approximate surface area is 100 Å². The summed E-state index contributed by atoms with van der Waals surface area (Å²) >= 11 is 0. The average molecular weight is 228 g/mol. The molecule has 1 aliphatic heterocycles. The van der Waals surface area contributed by atoms with Gasteiger partial charge in [0.1, 0.15) is 0 Å². The number of nitrogens with zero attached hydrogens (tertiary/aromatic N) is 1. The molecule has 1 unspecified atom stereocenters. The highest BCUT2D eigenvalue weighted by molar-refractivity contribution is 4.83. The lowest BCUT2D eigenvalue weighted by Gasteiger charge is -2.38. The number of piperidine rings is 1. The van der Waals surface area contributed by atoms with Crippen molar-refractivity contribution >= 4 is 0 Å². The molecule has 0 amide bonds. The Kier molecular flexibility index (Phi) is 5.73. The zero-order valence-corrected chi connectivity index (χ0v) is 11.1. The lowest BCUT2D eigenvalue weighted by Crippen LogP contribution is -2.49. The van der Waals surface area contributed by atoms with Crippen LogP contribution in [0, 0.1) is 0 Å². The molecule has 1 atom stereocenters. The lowest BCUT2D eigenvalue weighted by atomic mass is 9.98. The van der Waals surface area contributed by atoms with Crippen molar-refractivity contribution in [2.24, 2.45) is 0 Å². The monoisotopic (exact) mass is 228 g/mol. The van der Waals surface area contributed by atoms with Crippen LogP contribution in [-0.4, -0.2) is 47.8 Å². The van der Waals surface area contributed by atoms with E-state index in [2.05, 4.69) is 24.1 Å². The second-order valence-corrected chi connectivity index (χ2v) is 5.30. The minimum atomic E-state index is -0.528. The van der Waals surface area contributed by atoms with Gasteiger partial charge in [-0.2, -0.15) is 0 Å². The topological polar surface area (TPSA) is 35.5 Å². The Morgan fingerprint density at radius 2 is 1.94 bits per heavy atom. The second-order valence-electron chi connectivity index (χ2n) is 5.30. The fraction of sp³-hybridized carbons (Fsp3) is 1.00. The van der Waals surface area contributed by atoms with Gasteiger partial charge in [-0.25, -0.2) is 0 Å². The summed E-state index contributed by atoms with van der Waals surface area (Å²) in [5, 5.41) is 13.6. The third kappa shape index (κ3) is 4.40. The minimum absolute atomic E-state index is 0.528. The molecule has 0 aliphatic carbocycles. The molecule has 0 aromatic carbocycles. The summed E-state index contributed by atoms with van der Waals surface area (Å²) in [6.45, 7) is 10.4. The molecular formula is C13H28N2O. The summed E-state index contributed by atoms with van der Waals surface area (Å²) in [5.74, 6) is 0. The molecule has 2 N–H and O–H groups in total. The highest BCUT2D eigenvalue weighted by Gasteiger charge is 2.27. The van der Waals surface area contributed by atoms with Crippen LogP contribution in [0.1, 0.15) is 46.5 Å². The highest BCUT2D eigenvalue weighted by Crippen LogP contribution is 2.18. The van der Waals surface area contributed by atoms with E-state index in [0.717, 1.165) is 32.6 Å². The number of rotatable bonds is 6. The summed E-state index contributed by atoms with van der Waals surface area (Å²) in [5.41, 5.74) is -0.528. The quantitative estimate of drug-likeness (QED) is 0.725. The van der Waals surface area contributed by atoms with Gasteiger partial charge in [0.2, 0.25) is 0 Å². The van der Waals surface area contributed by atoms with E-state index in [4.69, 9.17) is 0 Å². The predicted molar refractivity (Wildman–Crippen MR) is 68.7 cm³/mol. The zero-order valence-electron chi connectivity index (χ0n) is 11.1. The smallest absolute Gasteiger partial charge is 0.0743 e. The fourth-order valence-corrected chi connectivity index (χ4v) is 2.40. The molecule has 16 heavy (non-hydrogen) atoms. The van der Waals surface area contributed by atoms with Crippen molar-refractivity contribution in [1.82, 2.24) is 10.2 Å². The van der Waals surface area contributed by atoms with Gasteiger partial charge in [0, 0.05) is 12.6 Å². The van der Waals surface area contributed by atoms with Gasteiger partial charge in [-0.3, -0.25) is 4.90 Å². The molecule has 1 aliphatic rings. The van der Waals surface area contributed by atoms with Gasteiger partial charge in [-0.15, -0.1) is 0 Å². The van der Waals surface area contributed by atoms with Crippen LogP contribution in [0.4, 0.5) is 0 Å². The van der Waals surface area contributed by atoms with E-state index < -0.39 is 5.60 Å². The summed E-state index contributed by atoms with van der Waals surface area (Å²) < 4.78 is 0. The van der Waals surface area contributed by atoms with Crippen LogP contribution in [0.25, 0.3) is 0 Å². The number of aliphatic hydroxyl groups is 1. The first-order chi connectivity index (χ1) is 7.59. The number of nitrogens with one attached hydrogen (secondary N) is 1. The summed E-state index contributed by atoms with van der Waals surface area (Å²) in [6, 6.07) is 0.666. The molecule has 0 radical (unpaired) electrons. The molecule has 0 bridgehead atoms. The largest absolute Gasteiger partial charge is 0.389 e. The molecular weight excluding hydrogens is 200 g/mol. The van der Waals surface area contributed by atoms with E-state index in [0.29, 0.717) is 6.04 Å². The van der Waals surface area contributed by atoms with Crippen molar-refractivity contribution in [1.29, 1.82) is 0 Å². The van der Waals surface area contributed by atoms with Crippen LogP contribution in [0.5, 0.6) is 0 Å². The van der Waals surface area contributed by atoms with Crippen molar-refractivity contribution in [3.05, 3.63) is 0 Å². The Hall–Kier alpha value is -0.120. The molecule has 1 rings (SSSR count). The normalized spacial score (nSPS) is 22.3. The molecule has 0 aromatic heterocycles. The Balaban J connectivity index is 2.51. The maximum atomic E-state index is 10.2. The van der Waals surface area contributed by atoms with Crippen LogP contribution in [0.15, 0.2) is 0 Å². The van der Waals surface area contributed by atoms with Gasteiger partial charge in [0.15, 0.2) is 0 Å². The van der Waals surface area contributed by atoms with Gasteiger partial charge in [-0.1, -0.05) is 13.8 Å². The minimum Gasteiger partial charge on any atom is -0.389 e. The second kappa shape index (κ2) is 6.58. The van der Waals surface area contributed by atoms with Crippen LogP contribution in [0.3, 0.4) is 0 Å². The first-order valence-corrected chi connectivity index (χ1v) is 6.76. The van der Waals surface area contributed by atoms with E-state index >= 15 is 0 Å². The summed E-state index contributed by atoms with van der Waals surface area (Å²) in [7, 11) is 0. The van der Waals surface area contributed by atoms with Gasteiger partial charge in [0.25, 0.3) is 0 Å². The van der Waals surface area contributed by atoms with Crippen LogP contribution in [-0.2, 0) is 0 Å². The Morgan fingerprint density at radius 3 is 2.44 bits per heavy atom. The van der Waals surface area contributed by atoms with Crippen molar-refractivity contribution in [2.45, 2.75) is 58.1 Å². The van der Waals surface area contributed by atoms with E-state index in [1.165, 1.54) is 19.3 Å². The summed E-state index contributed by atoms with van der Waals surface area (Å²) in [4.78, 5) is 2.49. The van der Waals surface area contributed by atoms with Crippen LogP contribution in [0.2, 0.25) is 0 Å². The van der Waals surface area contributed by atoms with Gasteiger partial charge >= 0.3 is 0 Å². The van der Waals surface area contributed by atoms with Crippen molar-refractivity contribution in [3.63, 3.8) is 0 Å². The molecule has 0 spiro atoms. The molecule has 1 heterocycles. The first-order valence-electron chi connectivity index (χ1n) is 6.76. The van der Waals surface area contributed by atoms with E-state index in [9.17, 15) is 5.11 Å². The maximum Gasteiger partial charge on any atom is 0.0743 e. The van der Waals surface area contributed by atoms with Gasteiger partial charge in [0.05, 0.1) is 5.60 Å². The van der Waals surface area contributed by atoms with E-state index in [1.807, 2.05) is 6.92 Å². The molecule has 3 heteroatoms. The predicted octanol–water partition coefficient (Wildman–Crippen LogP) is 1.61. The van der Waals surface area contributed by atoms with E-state index in [1.54, 1.807) is 0 Å². The van der Waals surface area contributed by atoms with Crippen molar-refractivity contribution in [2.75, 3.05) is 26.2 Å². The van der Waals surface area contributed by atoms with Gasteiger partial charge in [-0.05, 0) is 52.2 Å². The Morgan fingerprint density at radius 1 is 1.31 bits per heavy atom. The van der Waals surface area contributed by atoms with Crippen LogP contribution >= 0.6 is 0 Å². The standard InChI is InChI=1S/C13H28N2O/c1-4-10-15(11-13(3,16)5-2)12-6-8-14-9-7-12/h12,14,16H,4-11H2,1-3H3. The third-order valence-corrected chi connectivity index (χ3v) is 3.64. The summed E-state index contributed by atoms with van der Waals surface area (Å²) in [6.07, 6.45) is 4.45. The molecule has 1 saturated heterocycles. The third-order valence-electron chi connectivity index (χ3n) is 3.64. The fourth-order valence-electron chi connectivity index (χ4n) is 2.40. The highest BCUT2D eigenvalue weighted by atomic mass is 16.3. The maximum absolute atomic E-state index is 10.2.